The van der Waals surface area contributed by atoms with Gasteiger partial charge < -0.3 is 19.2 Å². The van der Waals surface area contributed by atoms with Crippen molar-refractivity contribution < 1.29 is 23.8 Å². The Hall–Kier alpha value is -2.94. The molecule has 1 atom stereocenters. The van der Waals surface area contributed by atoms with Gasteiger partial charge in [-0.25, -0.2) is 0 Å². The summed E-state index contributed by atoms with van der Waals surface area (Å²) in [6.07, 6.45) is 0. The number of aliphatic hydroxyl groups excluding tert-OH is 1. The smallest absolute Gasteiger partial charge is 0.290 e. The number of nitrogens with zero attached hydrogens (tertiary/aromatic N) is 2. The van der Waals surface area contributed by atoms with Crippen molar-refractivity contribution in [2.45, 2.75) is 6.04 Å². The second-order valence-electron chi connectivity index (χ2n) is 8.15. The third kappa shape index (κ3) is 4.21. The van der Waals surface area contributed by atoms with Gasteiger partial charge in [0.05, 0.1) is 24.8 Å². The van der Waals surface area contributed by atoms with E-state index in [-0.39, 0.29) is 11.3 Å². The van der Waals surface area contributed by atoms with Crippen LogP contribution in [0.15, 0.2) is 74.8 Å². The number of ketones is 1. The molecule has 1 amide bonds. The number of ether oxygens (including phenoxy) is 1. The highest BCUT2D eigenvalue weighted by molar-refractivity contribution is 9.10. The first-order chi connectivity index (χ1) is 16.0. The summed E-state index contributed by atoms with van der Waals surface area (Å²) in [5.41, 5.74) is 1.36. The predicted octanol–water partition coefficient (Wildman–Crippen LogP) is 4.11. The Bertz CT molecular complexity index is 1210. The first kappa shape index (κ1) is 21.9. The molecule has 0 radical (unpaired) electrons. The number of carbonyl (C=O) groups is 2. The fourth-order valence-electron chi connectivity index (χ4n) is 4.44. The molecule has 0 unspecified atom stereocenters. The number of hydrogen-bond acceptors (Lipinski definition) is 6. The maximum atomic E-state index is 13.6. The summed E-state index contributed by atoms with van der Waals surface area (Å²) in [7, 11) is 0. The molecule has 5 rings (SSSR count). The molecule has 2 aromatic carbocycles. The van der Waals surface area contributed by atoms with E-state index in [1.807, 2.05) is 42.5 Å². The van der Waals surface area contributed by atoms with Crippen molar-refractivity contribution in [2.24, 2.45) is 0 Å². The molecule has 0 aliphatic carbocycles. The van der Waals surface area contributed by atoms with Gasteiger partial charge >= 0.3 is 0 Å². The van der Waals surface area contributed by atoms with E-state index in [9.17, 15) is 14.7 Å². The number of carbonyl (C=O) groups excluding carboxylic acids is 2. The number of amides is 1. The van der Waals surface area contributed by atoms with Crippen LogP contribution in [0.25, 0.3) is 11.0 Å². The lowest BCUT2D eigenvalue weighted by molar-refractivity contribution is -0.129. The van der Waals surface area contributed by atoms with Gasteiger partial charge in [-0.2, -0.15) is 0 Å². The van der Waals surface area contributed by atoms with Gasteiger partial charge in [0.25, 0.3) is 5.91 Å². The Kier molecular flexibility index (Phi) is 6.05. The van der Waals surface area contributed by atoms with E-state index in [2.05, 4.69) is 20.8 Å². The number of rotatable bonds is 6. The average molecular weight is 511 g/mol. The molecule has 3 heterocycles. The zero-order valence-corrected chi connectivity index (χ0v) is 19.5. The monoisotopic (exact) mass is 510 g/mol. The molecule has 3 aromatic rings. The van der Waals surface area contributed by atoms with Crippen molar-refractivity contribution in [1.82, 2.24) is 9.80 Å². The lowest BCUT2D eigenvalue weighted by atomic mass is 9.95. The molecule has 7 nitrogen and oxygen atoms in total. The summed E-state index contributed by atoms with van der Waals surface area (Å²) >= 11 is 3.48. The predicted molar refractivity (Wildman–Crippen MR) is 126 cm³/mol. The average Bonchev–Trinajstić information content (AvgIpc) is 3.37. The van der Waals surface area contributed by atoms with Gasteiger partial charge in [0.2, 0.25) is 5.78 Å². The molecule has 1 N–H and O–H groups in total. The molecular formula is C25H23BrN2O5. The highest BCUT2D eigenvalue weighted by atomic mass is 79.9. The van der Waals surface area contributed by atoms with E-state index in [1.54, 1.807) is 17.0 Å². The van der Waals surface area contributed by atoms with Gasteiger partial charge in [0.15, 0.2) is 11.5 Å². The van der Waals surface area contributed by atoms with Gasteiger partial charge in [-0.05, 0) is 29.8 Å². The van der Waals surface area contributed by atoms with Crippen LogP contribution in [0.3, 0.4) is 0 Å². The number of fused-ring (bicyclic) bond motifs is 1. The van der Waals surface area contributed by atoms with Crippen LogP contribution in [-0.4, -0.2) is 66.0 Å². The Morgan fingerprint density at radius 2 is 1.85 bits per heavy atom. The Labute approximate surface area is 199 Å². The van der Waals surface area contributed by atoms with E-state index in [0.717, 1.165) is 28.5 Å². The summed E-state index contributed by atoms with van der Waals surface area (Å²) in [6.45, 7) is 3.88. The molecule has 2 aliphatic heterocycles. The van der Waals surface area contributed by atoms with Crippen molar-refractivity contribution in [2.75, 3.05) is 39.4 Å². The zero-order valence-electron chi connectivity index (χ0n) is 17.9. The van der Waals surface area contributed by atoms with E-state index in [1.165, 1.54) is 0 Å². The fourth-order valence-corrected chi connectivity index (χ4v) is 4.86. The summed E-state index contributed by atoms with van der Waals surface area (Å²) in [4.78, 5) is 30.5. The highest BCUT2D eigenvalue weighted by Gasteiger charge is 2.44. The molecule has 2 aliphatic rings. The minimum absolute atomic E-state index is 0.0409. The molecule has 170 valence electrons. The number of hydrogen-bond donors (Lipinski definition) is 1. The van der Waals surface area contributed by atoms with Crippen molar-refractivity contribution >= 4 is 38.6 Å². The SMILES string of the molecule is O=C(C1=C(O)C(=O)N(CCN2CCOCC2)[C@@H]1c1cccc(Br)c1)c1cc2ccccc2o1. The number of furan rings is 1. The van der Waals surface area contributed by atoms with Crippen LogP contribution < -0.4 is 0 Å². The number of morpholine rings is 1. The molecule has 1 fully saturated rings. The third-order valence-electron chi connectivity index (χ3n) is 6.12. The normalized spacial score (nSPS) is 19.6. The second kappa shape index (κ2) is 9.13. The lowest BCUT2D eigenvalue weighted by Crippen LogP contribution is -2.43. The Morgan fingerprint density at radius 1 is 1.06 bits per heavy atom. The summed E-state index contributed by atoms with van der Waals surface area (Å²) < 4.78 is 12.0. The molecule has 33 heavy (non-hydrogen) atoms. The summed E-state index contributed by atoms with van der Waals surface area (Å²) in [5.74, 6) is -1.46. The maximum Gasteiger partial charge on any atom is 0.290 e. The van der Waals surface area contributed by atoms with Crippen LogP contribution in [-0.2, 0) is 9.53 Å². The quantitative estimate of drug-likeness (QED) is 0.502. The lowest BCUT2D eigenvalue weighted by Gasteiger charge is -2.31. The van der Waals surface area contributed by atoms with Crippen LogP contribution in [0.4, 0.5) is 0 Å². The molecule has 8 heteroatoms. The molecule has 1 aromatic heterocycles. The van der Waals surface area contributed by atoms with Crippen LogP contribution in [0.2, 0.25) is 0 Å². The number of benzene rings is 2. The minimum Gasteiger partial charge on any atom is -0.503 e. The van der Waals surface area contributed by atoms with Crippen molar-refractivity contribution in [3.05, 3.63) is 81.7 Å². The van der Waals surface area contributed by atoms with Crippen LogP contribution >= 0.6 is 15.9 Å². The molecule has 0 saturated carbocycles. The van der Waals surface area contributed by atoms with Crippen molar-refractivity contribution in [3.8, 4) is 0 Å². The number of Topliss-reactive ketones (excluding diaryl/α,β-unsaturated/α-hetero) is 1. The standard InChI is InChI=1S/C25H23BrN2O5/c26-18-6-3-5-17(14-18)22-21(23(29)20-15-16-4-1-2-7-19(16)33-20)24(30)25(31)28(22)9-8-27-10-12-32-13-11-27/h1-7,14-15,22,30H,8-13H2/t22-/m1/s1. The topological polar surface area (TPSA) is 83.2 Å². The summed E-state index contributed by atoms with van der Waals surface area (Å²) in [5, 5.41) is 11.6. The van der Waals surface area contributed by atoms with E-state index < -0.39 is 23.5 Å². The summed E-state index contributed by atoms with van der Waals surface area (Å²) in [6, 6.07) is 15.7. The number of halogens is 1. The van der Waals surface area contributed by atoms with Gasteiger partial charge in [0, 0.05) is 36.0 Å². The van der Waals surface area contributed by atoms with E-state index >= 15 is 0 Å². The minimum atomic E-state index is -0.711. The van der Waals surface area contributed by atoms with Gasteiger partial charge in [-0.3, -0.25) is 14.5 Å². The van der Waals surface area contributed by atoms with Crippen molar-refractivity contribution in [1.29, 1.82) is 0 Å². The van der Waals surface area contributed by atoms with Gasteiger partial charge in [0.1, 0.15) is 5.58 Å². The molecule has 0 bridgehead atoms. The highest BCUT2D eigenvalue weighted by Crippen LogP contribution is 2.40. The number of para-hydroxylation sites is 1. The first-order valence-electron chi connectivity index (χ1n) is 10.9. The van der Waals surface area contributed by atoms with Crippen molar-refractivity contribution in [3.63, 3.8) is 0 Å². The Balaban J connectivity index is 1.51. The number of aliphatic hydroxyl groups is 1. The van der Waals surface area contributed by atoms with Gasteiger partial charge in [-0.15, -0.1) is 0 Å². The maximum absolute atomic E-state index is 13.6. The second-order valence-corrected chi connectivity index (χ2v) is 9.07. The molecular weight excluding hydrogens is 488 g/mol. The van der Waals surface area contributed by atoms with Crippen LogP contribution in [0.5, 0.6) is 0 Å². The largest absolute Gasteiger partial charge is 0.503 e. The fraction of sp³-hybridized carbons (Fsp3) is 0.280. The van der Waals surface area contributed by atoms with Crippen LogP contribution in [0.1, 0.15) is 22.2 Å². The third-order valence-corrected chi connectivity index (χ3v) is 6.62. The van der Waals surface area contributed by atoms with Crippen LogP contribution in [0, 0.1) is 0 Å². The molecule has 1 saturated heterocycles. The Morgan fingerprint density at radius 3 is 2.61 bits per heavy atom. The van der Waals surface area contributed by atoms with Gasteiger partial charge in [-0.1, -0.05) is 46.3 Å². The zero-order chi connectivity index (χ0) is 22.9. The first-order valence-corrected chi connectivity index (χ1v) is 11.6. The molecule has 0 spiro atoms. The van der Waals surface area contributed by atoms with E-state index in [4.69, 9.17) is 9.15 Å². The van der Waals surface area contributed by atoms with E-state index in [0.29, 0.717) is 31.9 Å².